The summed E-state index contributed by atoms with van der Waals surface area (Å²) in [7, 11) is 4.08. The maximum atomic E-state index is 16.2. The number of benzene rings is 1. The number of nitrogens with zero attached hydrogens (tertiary/aromatic N) is 15. The maximum absolute atomic E-state index is 16.2. The molecule has 0 saturated carbocycles. The van der Waals surface area contributed by atoms with Crippen molar-refractivity contribution in [2.45, 2.75) is 94.3 Å². The number of rotatable bonds is 15. The minimum atomic E-state index is -4.67. The first-order valence-electron chi connectivity index (χ1n) is 27.0. The van der Waals surface area contributed by atoms with Crippen LogP contribution in [0.25, 0.3) is 0 Å². The van der Waals surface area contributed by atoms with Gasteiger partial charge in [0.25, 0.3) is 0 Å². The first-order chi connectivity index (χ1) is 38.1. The molecule has 0 bridgehead atoms. The topological polar surface area (TPSA) is 191 Å². The number of nitriles is 2. The lowest BCUT2D eigenvalue weighted by Gasteiger charge is -2.42. The summed E-state index contributed by atoms with van der Waals surface area (Å²) in [4.78, 5) is 64.6. The summed E-state index contributed by atoms with van der Waals surface area (Å²) >= 11 is 0. The largest absolute Gasteiger partial charge is 0.462 e. The molecule has 0 N–H and O–H groups in total. The van der Waals surface area contributed by atoms with E-state index in [0.717, 1.165) is 48.0 Å². The minimum absolute atomic E-state index is 0.00758. The van der Waals surface area contributed by atoms with Crippen molar-refractivity contribution in [2.24, 2.45) is 0 Å². The first kappa shape index (κ1) is 54.7. The molecule has 23 heteroatoms. The highest BCUT2D eigenvalue weighted by Gasteiger charge is 2.40. The highest BCUT2D eigenvalue weighted by molar-refractivity contribution is 5.88. The van der Waals surface area contributed by atoms with Crippen molar-refractivity contribution in [3.63, 3.8) is 0 Å². The first-order valence-corrected chi connectivity index (χ1v) is 27.0. The third-order valence-corrected chi connectivity index (χ3v) is 16.5. The fourth-order valence-electron chi connectivity index (χ4n) is 12.3. The van der Waals surface area contributed by atoms with Crippen molar-refractivity contribution < 1.29 is 36.6 Å². The lowest BCUT2D eigenvalue weighted by atomic mass is 9.95. The van der Waals surface area contributed by atoms with E-state index in [0.29, 0.717) is 108 Å². The molecule has 6 aliphatic rings. The second-order valence-electron chi connectivity index (χ2n) is 21.3. The van der Waals surface area contributed by atoms with Crippen molar-refractivity contribution in [3.8, 4) is 24.2 Å². The van der Waals surface area contributed by atoms with Crippen LogP contribution >= 0.6 is 0 Å². The van der Waals surface area contributed by atoms with Gasteiger partial charge in [-0.15, -0.1) is 0 Å². The quantitative estimate of drug-likeness (QED) is 0.107. The van der Waals surface area contributed by atoms with Gasteiger partial charge in [-0.1, -0.05) is 19.2 Å². The van der Waals surface area contributed by atoms with Crippen LogP contribution in [0.1, 0.15) is 71.8 Å². The standard InChI is InChI=1S/C56H65F4N15O4/c1-5-49(76)74-25-23-72(30-38(74)13-17-61)52-42-15-21-70(47-10-7-19-63-51(47)56(58,59)60)32-45(42)64-55(67-52)79-35-41-27-37(29-69(41)4)36-11-12-44(57)48(28-36)71-22-16-43-46(33-71)65-54(78-34-40-9-8-20-68(40)3)66-53(43)73-24-26-75(50(77)6-2)39(31-73)14-18-62/h5-7,10-12,19,28,37-41H,1-2,8-9,13-16,20-27,29-35H2,3-4H3/t37?,38?,39?,40-,41-/m0/s1. The lowest BCUT2D eigenvalue weighted by Crippen LogP contribution is -2.55. The molecule has 0 aliphatic carbocycles. The number of fused-ring (bicyclic) bond motifs is 2. The zero-order valence-corrected chi connectivity index (χ0v) is 44.6. The Balaban J connectivity index is 0.873. The van der Waals surface area contributed by atoms with Crippen LogP contribution in [0.5, 0.6) is 12.0 Å². The predicted molar refractivity (Wildman–Crippen MR) is 286 cm³/mol. The Bertz CT molecular complexity index is 3040. The monoisotopic (exact) mass is 1090 g/mol. The number of likely N-dealkylation sites (tertiary alicyclic amines) is 2. The molecule has 3 aromatic heterocycles. The number of halogens is 4. The summed E-state index contributed by atoms with van der Waals surface area (Å²) in [5.74, 6) is 0.411. The van der Waals surface area contributed by atoms with Gasteiger partial charge in [0, 0.05) is 88.3 Å². The number of ether oxygens (including phenoxy) is 2. The van der Waals surface area contributed by atoms with Crippen LogP contribution in [-0.4, -0.2) is 173 Å². The maximum Gasteiger partial charge on any atom is 0.435 e. The summed E-state index contributed by atoms with van der Waals surface area (Å²) < 4.78 is 71.7. The normalized spacial score (nSPS) is 22.7. The lowest BCUT2D eigenvalue weighted by molar-refractivity contribution is -0.140. The van der Waals surface area contributed by atoms with Crippen molar-refractivity contribution in [3.05, 3.63) is 101 Å². The SMILES string of the molecule is C=CC(=O)N1CCN(c2nc(OC[C@@H]3CCCN3C)nc3c2CCN(c2cc(C4C[C@@H](COc5nc6c(c(N7CCN(C(=O)C=C)C(CC#N)C7)n5)CCN(c5cccnc5C(F)(F)F)C6)N(C)C4)ccc2F)C3)CC1CC#N. The molecule has 416 valence electrons. The van der Waals surface area contributed by atoms with Crippen LogP contribution in [0.3, 0.4) is 0 Å². The second-order valence-corrected chi connectivity index (χ2v) is 21.3. The van der Waals surface area contributed by atoms with Gasteiger partial charge in [-0.05, 0) is 101 Å². The van der Waals surface area contributed by atoms with Gasteiger partial charge in [-0.25, -0.2) is 9.37 Å². The molecule has 4 aromatic rings. The number of pyridine rings is 1. The van der Waals surface area contributed by atoms with Gasteiger partial charge in [-0.2, -0.15) is 43.6 Å². The van der Waals surface area contributed by atoms with Crippen LogP contribution in [-0.2, 0) is 41.7 Å². The third kappa shape index (κ3) is 11.6. The average molecular weight is 1090 g/mol. The third-order valence-electron chi connectivity index (χ3n) is 16.5. The van der Waals surface area contributed by atoms with E-state index in [1.54, 1.807) is 14.7 Å². The highest BCUT2D eigenvalue weighted by Crippen LogP contribution is 2.40. The van der Waals surface area contributed by atoms with Crippen molar-refractivity contribution in [1.82, 2.24) is 44.5 Å². The Morgan fingerprint density at radius 2 is 1.28 bits per heavy atom. The van der Waals surface area contributed by atoms with Gasteiger partial charge in [-0.3, -0.25) is 14.5 Å². The molecular weight excluding hydrogens is 1020 g/mol. The van der Waals surface area contributed by atoms with E-state index < -0.39 is 17.9 Å². The van der Waals surface area contributed by atoms with Gasteiger partial charge >= 0.3 is 18.2 Å². The van der Waals surface area contributed by atoms with E-state index in [1.807, 2.05) is 29.0 Å². The minimum Gasteiger partial charge on any atom is -0.462 e. The van der Waals surface area contributed by atoms with Gasteiger partial charge in [0.15, 0.2) is 5.69 Å². The van der Waals surface area contributed by atoms with E-state index >= 15 is 4.39 Å². The molecular formula is C56H65F4N15O4. The van der Waals surface area contributed by atoms with Crippen LogP contribution in [0.2, 0.25) is 0 Å². The molecule has 19 nitrogen and oxygen atoms in total. The molecule has 4 fully saturated rings. The molecule has 9 heterocycles. The molecule has 0 radical (unpaired) electrons. The number of aromatic nitrogens is 5. The number of alkyl halides is 3. The molecule has 1 aromatic carbocycles. The Kier molecular flexibility index (Phi) is 16.2. The summed E-state index contributed by atoms with van der Waals surface area (Å²) in [5, 5.41) is 19.5. The van der Waals surface area contributed by atoms with Gasteiger partial charge in [0.2, 0.25) is 11.8 Å². The molecule has 10 rings (SSSR count). The Hall–Kier alpha value is -7.63. The van der Waals surface area contributed by atoms with Gasteiger partial charge in [0.1, 0.15) is 30.7 Å². The van der Waals surface area contributed by atoms with E-state index in [-0.39, 0.29) is 91.9 Å². The number of amides is 2. The van der Waals surface area contributed by atoms with E-state index in [2.05, 4.69) is 52.0 Å². The predicted octanol–water partition coefficient (Wildman–Crippen LogP) is 5.52. The molecule has 79 heavy (non-hydrogen) atoms. The molecule has 0 spiro atoms. The Morgan fingerprint density at radius 1 is 0.709 bits per heavy atom. The Morgan fingerprint density at radius 3 is 1.81 bits per heavy atom. The molecule has 6 aliphatic heterocycles. The zero-order chi connectivity index (χ0) is 55.5. The molecule has 4 saturated heterocycles. The number of hydrogen-bond acceptors (Lipinski definition) is 17. The van der Waals surface area contributed by atoms with E-state index in [1.165, 1.54) is 30.4 Å². The summed E-state index contributed by atoms with van der Waals surface area (Å²) in [5.41, 5.74) is 3.31. The smallest absolute Gasteiger partial charge is 0.435 e. The molecule has 3 unspecified atom stereocenters. The fourth-order valence-corrected chi connectivity index (χ4v) is 12.3. The number of anilines is 4. The number of piperazine rings is 2. The highest BCUT2D eigenvalue weighted by atomic mass is 19.4. The van der Waals surface area contributed by atoms with Gasteiger partial charge < -0.3 is 43.8 Å². The summed E-state index contributed by atoms with van der Waals surface area (Å²) in [6, 6.07) is 12.2. The fraction of sp³-hybridized carbons (Fsp3) is 0.518. The van der Waals surface area contributed by atoms with E-state index in [9.17, 15) is 33.3 Å². The Labute approximate surface area is 457 Å². The zero-order valence-electron chi connectivity index (χ0n) is 44.6. The van der Waals surface area contributed by atoms with Crippen LogP contribution in [0.15, 0.2) is 61.8 Å². The van der Waals surface area contributed by atoms with Crippen molar-refractivity contribution in [1.29, 1.82) is 10.5 Å². The number of carbonyl (C=O) groups excluding carboxylic acids is 2. The van der Waals surface area contributed by atoms with Crippen LogP contribution in [0, 0.1) is 28.5 Å². The molecule has 2 amide bonds. The average Bonchev–Trinajstić information content (AvgIpc) is 4.15. The number of hydrogen-bond donors (Lipinski definition) is 0. The number of likely N-dealkylation sites (N-methyl/N-ethyl adjacent to an activating group) is 2. The second kappa shape index (κ2) is 23.4. The summed E-state index contributed by atoms with van der Waals surface area (Å²) in [6.07, 6.45) is 2.79. The van der Waals surface area contributed by atoms with Crippen LogP contribution in [0.4, 0.5) is 40.6 Å². The van der Waals surface area contributed by atoms with Crippen molar-refractivity contribution in [2.75, 3.05) is 112 Å². The number of carbonyl (C=O) groups is 2. The van der Waals surface area contributed by atoms with Crippen LogP contribution < -0.4 is 29.1 Å². The van der Waals surface area contributed by atoms with E-state index in [4.69, 9.17) is 29.4 Å². The van der Waals surface area contributed by atoms with Crippen molar-refractivity contribution >= 4 is 34.8 Å². The summed E-state index contributed by atoms with van der Waals surface area (Å²) in [6.45, 7) is 12.9. The van der Waals surface area contributed by atoms with Gasteiger partial charge in [0.05, 0.1) is 72.9 Å². The molecule has 5 atom stereocenters.